The highest BCUT2D eigenvalue weighted by atomic mass is 16.5. The largest absolute Gasteiger partial charge is 0.483 e. The van der Waals surface area contributed by atoms with Crippen LogP contribution < -0.4 is 10.1 Å². The normalized spacial score (nSPS) is 19.1. The van der Waals surface area contributed by atoms with Gasteiger partial charge in [-0.2, -0.15) is 0 Å². The summed E-state index contributed by atoms with van der Waals surface area (Å²) in [5.74, 6) is 0.728. The zero-order chi connectivity index (χ0) is 17.1. The van der Waals surface area contributed by atoms with Crippen molar-refractivity contribution in [2.45, 2.75) is 18.7 Å². The maximum absolute atomic E-state index is 13.1. The summed E-state index contributed by atoms with van der Waals surface area (Å²) in [6.45, 7) is 0.617. The van der Waals surface area contributed by atoms with Crippen LogP contribution in [0.2, 0.25) is 0 Å². The smallest absolute Gasteiger partial charge is 0.187 e. The summed E-state index contributed by atoms with van der Waals surface area (Å²) in [5.41, 5.74) is 2.78. The quantitative estimate of drug-likeness (QED) is 0.781. The SMILES string of the molecule is O=C1c2ccccc2O[C@@H](c2ccccc2)[C@@H]1NCc1ccccc1. The van der Waals surface area contributed by atoms with E-state index in [-0.39, 0.29) is 11.9 Å². The van der Waals surface area contributed by atoms with Crippen LogP contribution in [0.3, 0.4) is 0 Å². The second kappa shape index (κ2) is 6.91. The van der Waals surface area contributed by atoms with Crippen LogP contribution in [0.15, 0.2) is 84.9 Å². The topological polar surface area (TPSA) is 38.3 Å². The van der Waals surface area contributed by atoms with Crippen molar-refractivity contribution in [3.63, 3.8) is 0 Å². The van der Waals surface area contributed by atoms with E-state index in [1.54, 1.807) is 0 Å². The Bertz CT molecular complexity index is 861. The number of fused-ring (bicyclic) bond motifs is 1. The zero-order valence-corrected chi connectivity index (χ0v) is 13.8. The van der Waals surface area contributed by atoms with Gasteiger partial charge in [-0.25, -0.2) is 0 Å². The number of para-hydroxylation sites is 1. The molecule has 25 heavy (non-hydrogen) atoms. The molecule has 0 unspecified atom stereocenters. The summed E-state index contributed by atoms with van der Waals surface area (Å²) in [4.78, 5) is 13.1. The van der Waals surface area contributed by atoms with E-state index in [1.165, 1.54) is 0 Å². The summed E-state index contributed by atoms with van der Waals surface area (Å²) in [6.07, 6.45) is -0.340. The Morgan fingerprint density at radius 2 is 1.44 bits per heavy atom. The van der Waals surface area contributed by atoms with Crippen molar-refractivity contribution in [1.82, 2.24) is 5.32 Å². The molecule has 3 aromatic rings. The second-order valence-corrected chi connectivity index (χ2v) is 6.15. The predicted octanol–water partition coefficient (Wildman–Crippen LogP) is 4.16. The van der Waals surface area contributed by atoms with Crippen LogP contribution in [0.25, 0.3) is 0 Å². The van der Waals surface area contributed by atoms with Gasteiger partial charge in [0.1, 0.15) is 17.9 Å². The Morgan fingerprint density at radius 3 is 2.20 bits per heavy atom. The van der Waals surface area contributed by atoms with Gasteiger partial charge in [0, 0.05) is 6.54 Å². The van der Waals surface area contributed by atoms with E-state index in [1.807, 2.05) is 84.9 Å². The summed E-state index contributed by atoms with van der Waals surface area (Å²) in [5, 5.41) is 3.40. The summed E-state index contributed by atoms with van der Waals surface area (Å²) < 4.78 is 6.21. The van der Waals surface area contributed by atoms with Crippen molar-refractivity contribution in [3.05, 3.63) is 102 Å². The number of rotatable bonds is 4. The van der Waals surface area contributed by atoms with E-state index < -0.39 is 6.04 Å². The number of ether oxygens (including phenoxy) is 1. The third-order valence-corrected chi connectivity index (χ3v) is 4.49. The molecule has 0 fully saturated rings. The first-order valence-electron chi connectivity index (χ1n) is 8.45. The fourth-order valence-electron chi connectivity index (χ4n) is 3.21. The maximum atomic E-state index is 13.1. The zero-order valence-electron chi connectivity index (χ0n) is 13.8. The molecule has 2 atom stereocenters. The third kappa shape index (κ3) is 3.19. The van der Waals surface area contributed by atoms with Gasteiger partial charge in [0.25, 0.3) is 0 Å². The molecule has 0 saturated heterocycles. The molecule has 3 nitrogen and oxygen atoms in total. The molecule has 0 spiro atoms. The molecule has 1 aliphatic heterocycles. The molecule has 1 N–H and O–H groups in total. The van der Waals surface area contributed by atoms with Crippen molar-refractivity contribution in [2.75, 3.05) is 0 Å². The Morgan fingerprint density at radius 1 is 0.800 bits per heavy atom. The van der Waals surface area contributed by atoms with Crippen LogP contribution >= 0.6 is 0 Å². The molecular weight excluding hydrogens is 310 g/mol. The molecule has 4 rings (SSSR count). The van der Waals surface area contributed by atoms with E-state index in [0.717, 1.165) is 11.1 Å². The minimum absolute atomic E-state index is 0.0756. The van der Waals surface area contributed by atoms with E-state index in [2.05, 4.69) is 5.32 Å². The average Bonchev–Trinajstić information content (AvgIpc) is 2.69. The summed E-state index contributed by atoms with van der Waals surface area (Å²) >= 11 is 0. The average molecular weight is 329 g/mol. The van der Waals surface area contributed by atoms with Crippen molar-refractivity contribution in [1.29, 1.82) is 0 Å². The summed E-state index contributed by atoms with van der Waals surface area (Å²) in [7, 11) is 0. The van der Waals surface area contributed by atoms with Crippen LogP contribution in [0.4, 0.5) is 0 Å². The molecule has 0 radical (unpaired) electrons. The molecule has 3 aromatic carbocycles. The van der Waals surface area contributed by atoms with Gasteiger partial charge < -0.3 is 4.74 Å². The van der Waals surface area contributed by atoms with E-state index in [0.29, 0.717) is 17.9 Å². The molecule has 124 valence electrons. The van der Waals surface area contributed by atoms with Crippen LogP contribution in [0.1, 0.15) is 27.6 Å². The van der Waals surface area contributed by atoms with Crippen molar-refractivity contribution in [2.24, 2.45) is 0 Å². The molecule has 1 aliphatic rings. The minimum Gasteiger partial charge on any atom is -0.483 e. The van der Waals surface area contributed by atoms with E-state index >= 15 is 0 Å². The standard InChI is InChI=1S/C22H19NO2/c24-21-18-13-7-8-14-19(18)25-22(17-11-5-2-6-12-17)20(21)23-15-16-9-3-1-4-10-16/h1-14,20,22-23H,15H2/t20-,22+/m1/s1. The molecule has 1 heterocycles. The van der Waals surface area contributed by atoms with Crippen molar-refractivity contribution in [3.8, 4) is 5.75 Å². The number of nitrogens with one attached hydrogen (secondary N) is 1. The van der Waals surface area contributed by atoms with Gasteiger partial charge in [-0.15, -0.1) is 0 Å². The van der Waals surface area contributed by atoms with Gasteiger partial charge in [-0.3, -0.25) is 10.1 Å². The highest BCUT2D eigenvalue weighted by Crippen LogP contribution is 2.35. The van der Waals surface area contributed by atoms with Gasteiger partial charge in [-0.05, 0) is 23.3 Å². The molecular formula is C22H19NO2. The second-order valence-electron chi connectivity index (χ2n) is 6.15. The fourth-order valence-corrected chi connectivity index (χ4v) is 3.21. The lowest BCUT2D eigenvalue weighted by molar-refractivity contribution is 0.0732. The first-order valence-corrected chi connectivity index (χ1v) is 8.45. The first kappa shape index (κ1) is 15.6. The minimum atomic E-state index is -0.419. The number of carbonyl (C=O) groups is 1. The Labute approximate surface area is 147 Å². The van der Waals surface area contributed by atoms with E-state index in [9.17, 15) is 4.79 Å². The monoisotopic (exact) mass is 329 g/mol. The molecule has 0 saturated carbocycles. The molecule has 0 bridgehead atoms. The highest BCUT2D eigenvalue weighted by molar-refractivity contribution is 6.03. The highest BCUT2D eigenvalue weighted by Gasteiger charge is 2.37. The van der Waals surface area contributed by atoms with Gasteiger partial charge in [0.2, 0.25) is 0 Å². The van der Waals surface area contributed by atoms with Gasteiger partial charge in [0.05, 0.1) is 5.56 Å². The number of carbonyl (C=O) groups excluding carboxylic acids is 1. The number of Topliss-reactive ketones (excluding diaryl/α,β-unsaturated/α-hetero) is 1. The Balaban J connectivity index is 1.66. The van der Waals surface area contributed by atoms with Crippen LogP contribution in [0, 0.1) is 0 Å². The van der Waals surface area contributed by atoms with E-state index in [4.69, 9.17) is 4.74 Å². The van der Waals surface area contributed by atoms with Crippen LogP contribution in [-0.2, 0) is 6.54 Å². The van der Waals surface area contributed by atoms with Gasteiger partial charge >= 0.3 is 0 Å². The molecule has 0 amide bonds. The number of benzene rings is 3. The molecule has 0 aromatic heterocycles. The van der Waals surface area contributed by atoms with Crippen LogP contribution in [0.5, 0.6) is 5.75 Å². The first-order chi connectivity index (χ1) is 12.3. The Hall–Kier alpha value is -2.91. The Kier molecular flexibility index (Phi) is 4.32. The third-order valence-electron chi connectivity index (χ3n) is 4.49. The van der Waals surface area contributed by atoms with Crippen molar-refractivity contribution >= 4 is 5.78 Å². The summed E-state index contributed by atoms with van der Waals surface area (Å²) in [6, 6.07) is 27.0. The lowest BCUT2D eigenvalue weighted by Gasteiger charge is -2.33. The lowest BCUT2D eigenvalue weighted by atomic mass is 9.91. The van der Waals surface area contributed by atoms with Crippen molar-refractivity contribution < 1.29 is 9.53 Å². The van der Waals surface area contributed by atoms with Crippen LogP contribution in [-0.4, -0.2) is 11.8 Å². The number of ketones is 1. The number of hydrogen-bond acceptors (Lipinski definition) is 3. The lowest BCUT2D eigenvalue weighted by Crippen LogP contribution is -2.46. The van der Waals surface area contributed by atoms with Gasteiger partial charge in [0.15, 0.2) is 5.78 Å². The molecule has 0 aliphatic carbocycles. The maximum Gasteiger partial charge on any atom is 0.187 e. The molecule has 3 heteroatoms. The number of hydrogen-bond donors (Lipinski definition) is 1. The predicted molar refractivity (Wildman–Crippen MR) is 97.7 cm³/mol. The fraction of sp³-hybridized carbons (Fsp3) is 0.136. The van der Waals surface area contributed by atoms with Gasteiger partial charge in [-0.1, -0.05) is 72.8 Å².